The van der Waals surface area contributed by atoms with Crippen LogP contribution < -0.4 is 0 Å². The molecule has 2 aromatic heterocycles. The largest absolute Gasteiger partial charge is 0.338 e. The first-order valence-corrected chi connectivity index (χ1v) is 6.11. The van der Waals surface area contributed by atoms with Crippen molar-refractivity contribution in [1.82, 2.24) is 20.2 Å². The van der Waals surface area contributed by atoms with Crippen LogP contribution in [0.4, 0.5) is 0 Å². The van der Waals surface area contributed by atoms with Crippen LogP contribution in [0.25, 0.3) is 22.1 Å². The zero-order chi connectivity index (χ0) is 11.4. The highest BCUT2D eigenvalue weighted by molar-refractivity contribution is 7.71. The fourth-order valence-corrected chi connectivity index (χ4v) is 2.54. The van der Waals surface area contributed by atoms with Crippen molar-refractivity contribution in [1.29, 1.82) is 0 Å². The molecule has 0 bridgehead atoms. The summed E-state index contributed by atoms with van der Waals surface area (Å²) < 4.78 is 0.414. The monoisotopic (exact) mass is 242 g/mol. The Morgan fingerprint density at radius 1 is 1.29 bits per heavy atom. The van der Waals surface area contributed by atoms with Gasteiger partial charge in [0.2, 0.25) is 4.77 Å². The Kier molecular flexibility index (Phi) is 1.71. The van der Waals surface area contributed by atoms with Crippen molar-refractivity contribution in [2.45, 2.75) is 18.8 Å². The third-order valence-electron chi connectivity index (χ3n) is 3.30. The molecular formula is C12H10N4S. The standard InChI is InChI=1S/C12H10N4S/c17-12-14-11-10(15-16-12)9-7(6-4-5-6)2-1-3-8(9)13-11/h1-3,6H,4-5H2,(H2,13,14,16,17). The van der Waals surface area contributed by atoms with Crippen molar-refractivity contribution in [3.8, 4) is 0 Å². The first-order chi connectivity index (χ1) is 8.33. The van der Waals surface area contributed by atoms with Gasteiger partial charge in [0.25, 0.3) is 0 Å². The van der Waals surface area contributed by atoms with E-state index < -0.39 is 0 Å². The van der Waals surface area contributed by atoms with Crippen LogP contribution in [0, 0.1) is 4.77 Å². The molecule has 17 heavy (non-hydrogen) atoms. The molecule has 1 aromatic carbocycles. The third kappa shape index (κ3) is 1.32. The Morgan fingerprint density at radius 3 is 3.00 bits per heavy atom. The van der Waals surface area contributed by atoms with E-state index >= 15 is 0 Å². The van der Waals surface area contributed by atoms with Gasteiger partial charge in [-0.2, -0.15) is 10.1 Å². The molecule has 1 fully saturated rings. The minimum Gasteiger partial charge on any atom is -0.338 e. The maximum absolute atomic E-state index is 4.99. The van der Waals surface area contributed by atoms with Gasteiger partial charge in [-0.1, -0.05) is 12.1 Å². The minimum atomic E-state index is 0.414. The first kappa shape index (κ1) is 9.30. The average Bonchev–Trinajstić information content (AvgIpc) is 3.09. The molecule has 0 radical (unpaired) electrons. The molecule has 84 valence electrons. The molecule has 0 saturated heterocycles. The highest BCUT2D eigenvalue weighted by Gasteiger charge is 2.26. The quantitative estimate of drug-likeness (QED) is 0.645. The lowest BCUT2D eigenvalue weighted by Crippen LogP contribution is -1.87. The van der Waals surface area contributed by atoms with E-state index in [1.165, 1.54) is 23.8 Å². The summed E-state index contributed by atoms with van der Waals surface area (Å²) in [5, 5.41) is 8.29. The van der Waals surface area contributed by atoms with Crippen LogP contribution in [0.15, 0.2) is 18.2 Å². The van der Waals surface area contributed by atoms with Crippen molar-refractivity contribution in [3.05, 3.63) is 28.5 Å². The van der Waals surface area contributed by atoms with E-state index in [0.29, 0.717) is 10.7 Å². The van der Waals surface area contributed by atoms with Gasteiger partial charge in [-0.15, -0.1) is 0 Å². The van der Waals surface area contributed by atoms with Gasteiger partial charge in [0, 0.05) is 10.9 Å². The van der Waals surface area contributed by atoms with Crippen molar-refractivity contribution in [2.75, 3.05) is 0 Å². The Bertz CT molecular complexity index is 782. The van der Waals surface area contributed by atoms with Crippen LogP contribution in [0.2, 0.25) is 0 Å². The van der Waals surface area contributed by atoms with Crippen molar-refractivity contribution in [3.63, 3.8) is 0 Å². The van der Waals surface area contributed by atoms with Crippen molar-refractivity contribution < 1.29 is 0 Å². The van der Waals surface area contributed by atoms with E-state index in [-0.39, 0.29) is 0 Å². The normalized spacial score (nSPS) is 15.8. The van der Waals surface area contributed by atoms with Gasteiger partial charge in [0.1, 0.15) is 5.52 Å². The fourth-order valence-electron chi connectivity index (χ4n) is 2.40. The molecule has 0 aliphatic heterocycles. The summed E-state index contributed by atoms with van der Waals surface area (Å²) in [6.07, 6.45) is 2.56. The smallest absolute Gasteiger partial charge is 0.215 e. The summed E-state index contributed by atoms with van der Waals surface area (Å²) in [5.41, 5.74) is 4.15. The van der Waals surface area contributed by atoms with Crippen molar-refractivity contribution >= 4 is 34.3 Å². The zero-order valence-corrected chi connectivity index (χ0v) is 9.84. The van der Waals surface area contributed by atoms with Crippen LogP contribution in [0.1, 0.15) is 24.3 Å². The second-order valence-corrected chi connectivity index (χ2v) is 4.89. The van der Waals surface area contributed by atoms with Gasteiger partial charge in [-0.05, 0) is 42.6 Å². The Balaban J connectivity index is 2.21. The number of aromatic amines is 2. The maximum atomic E-state index is 4.99. The molecule has 4 rings (SSSR count). The molecule has 0 spiro atoms. The number of aromatic nitrogens is 4. The fraction of sp³-hybridized carbons (Fsp3) is 0.250. The highest BCUT2D eigenvalue weighted by atomic mass is 32.1. The van der Waals surface area contributed by atoms with Crippen LogP contribution in [-0.2, 0) is 0 Å². The molecular weight excluding hydrogens is 232 g/mol. The Labute approximate surface area is 102 Å². The molecule has 1 saturated carbocycles. The summed E-state index contributed by atoms with van der Waals surface area (Å²) in [6.45, 7) is 0. The summed E-state index contributed by atoms with van der Waals surface area (Å²) in [4.78, 5) is 7.56. The molecule has 0 unspecified atom stereocenters. The summed E-state index contributed by atoms with van der Waals surface area (Å²) >= 11 is 4.99. The van der Waals surface area contributed by atoms with Crippen LogP contribution in [0.3, 0.4) is 0 Å². The van der Waals surface area contributed by atoms with Gasteiger partial charge in [0.15, 0.2) is 5.65 Å². The van der Waals surface area contributed by atoms with E-state index in [4.69, 9.17) is 12.2 Å². The zero-order valence-electron chi connectivity index (χ0n) is 9.03. The Hall–Kier alpha value is -1.75. The summed E-state index contributed by atoms with van der Waals surface area (Å²) in [6, 6.07) is 6.34. The van der Waals surface area contributed by atoms with E-state index in [2.05, 4.69) is 38.4 Å². The van der Waals surface area contributed by atoms with Crippen LogP contribution >= 0.6 is 12.2 Å². The van der Waals surface area contributed by atoms with Gasteiger partial charge in [-0.3, -0.25) is 5.10 Å². The van der Waals surface area contributed by atoms with Gasteiger partial charge in [-0.25, -0.2) is 0 Å². The molecule has 2 heterocycles. The van der Waals surface area contributed by atoms with Crippen LogP contribution in [-0.4, -0.2) is 20.2 Å². The molecule has 3 aromatic rings. The molecule has 5 heteroatoms. The third-order valence-corrected chi connectivity index (χ3v) is 3.49. The van der Waals surface area contributed by atoms with Crippen molar-refractivity contribution in [2.24, 2.45) is 0 Å². The lowest BCUT2D eigenvalue weighted by Gasteiger charge is -1.99. The lowest BCUT2D eigenvalue weighted by molar-refractivity contribution is 0.998. The molecule has 0 amide bonds. The number of rotatable bonds is 1. The lowest BCUT2D eigenvalue weighted by atomic mass is 10.1. The molecule has 2 N–H and O–H groups in total. The second-order valence-electron chi connectivity index (χ2n) is 4.51. The minimum absolute atomic E-state index is 0.414. The average molecular weight is 242 g/mol. The highest BCUT2D eigenvalue weighted by Crippen LogP contribution is 2.44. The van der Waals surface area contributed by atoms with E-state index in [9.17, 15) is 0 Å². The molecule has 1 aliphatic carbocycles. The summed E-state index contributed by atoms with van der Waals surface area (Å²) in [7, 11) is 0. The number of hydrogen-bond donors (Lipinski definition) is 2. The maximum Gasteiger partial charge on any atom is 0.215 e. The number of H-pyrrole nitrogens is 2. The number of nitrogens with one attached hydrogen (secondary N) is 2. The molecule has 1 aliphatic rings. The molecule has 0 atom stereocenters. The predicted octanol–water partition coefficient (Wildman–Crippen LogP) is 3.05. The number of hydrogen-bond acceptors (Lipinski definition) is 3. The predicted molar refractivity (Wildman–Crippen MR) is 68.6 cm³/mol. The van der Waals surface area contributed by atoms with Gasteiger partial charge >= 0.3 is 0 Å². The van der Waals surface area contributed by atoms with Gasteiger partial charge < -0.3 is 4.98 Å². The number of benzene rings is 1. The van der Waals surface area contributed by atoms with E-state index in [0.717, 1.165) is 16.7 Å². The second kappa shape index (κ2) is 3.13. The first-order valence-electron chi connectivity index (χ1n) is 5.70. The van der Waals surface area contributed by atoms with E-state index in [1.54, 1.807) is 0 Å². The van der Waals surface area contributed by atoms with Crippen LogP contribution in [0.5, 0.6) is 0 Å². The summed E-state index contributed by atoms with van der Waals surface area (Å²) in [5.74, 6) is 0.697. The SMILES string of the molecule is S=c1nc2[nH]c3cccc(C4CC4)c3c2n[nH]1. The van der Waals surface area contributed by atoms with Gasteiger partial charge in [0.05, 0.1) is 0 Å². The number of fused-ring (bicyclic) bond motifs is 3. The topological polar surface area (TPSA) is 57.4 Å². The molecule has 4 nitrogen and oxygen atoms in total. The number of nitrogens with zero attached hydrogens (tertiary/aromatic N) is 2. The van der Waals surface area contributed by atoms with E-state index in [1.807, 2.05) is 0 Å². The Morgan fingerprint density at radius 2 is 2.18 bits per heavy atom.